The highest BCUT2D eigenvalue weighted by Gasteiger charge is 2.12. The van der Waals surface area contributed by atoms with Crippen LogP contribution in [0.15, 0.2) is 18.2 Å². The maximum Gasteiger partial charge on any atom is 0.126 e. The van der Waals surface area contributed by atoms with Crippen molar-refractivity contribution in [1.82, 2.24) is 5.32 Å². The van der Waals surface area contributed by atoms with E-state index in [9.17, 15) is 8.78 Å². The third-order valence-electron chi connectivity index (χ3n) is 4.22. The van der Waals surface area contributed by atoms with Crippen LogP contribution in [0.2, 0.25) is 0 Å². The smallest absolute Gasteiger partial charge is 0.126 e. The Morgan fingerprint density at radius 3 is 2.29 bits per heavy atom. The van der Waals surface area contributed by atoms with E-state index in [4.69, 9.17) is 5.73 Å². The van der Waals surface area contributed by atoms with Gasteiger partial charge in [-0.15, -0.1) is 0 Å². The standard InChI is InChI=1S/C17H26F2N2/c18-14-9-13(10-15(19)12-14)11-16(20)7-8-21-17-5-3-1-2-4-6-17/h9-10,12,16-17,21H,1-8,11,20H2/t16-/m1/s1. The minimum absolute atomic E-state index is 0.0653. The molecular formula is C17H26F2N2. The first-order chi connectivity index (χ1) is 10.1. The molecule has 0 heterocycles. The number of nitrogens with one attached hydrogen (secondary N) is 1. The molecule has 4 heteroatoms. The SMILES string of the molecule is N[C@H](CCNC1CCCCCC1)Cc1cc(F)cc(F)c1. The summed E-state index contributed by atoms with van der Waals surface area (Å²) in [6.45, 7) is 0.879. The van der Waals surface area contributed by atoms with Crippen molar-refractivity contribution < 1.29 is 8.78 Å². The van der Waals surface area contributed by atoms with Crippen molar-refractivity contribution in [3.8, 4) is 0 Å². The van der Waals surface area contributed by atoms with Crippen molar-refractivity contribution >= 4 is 0 Å². The Balaban J connectivity index is 1.70. The lowest BCUT2D eigenvalue weighted by Crippen LogP contribution is -2.34. The van der Waals surface area contributed by atoms with E-state index in [0.717, 1.165) is 19.0 Å². The topological polar surface area (TPSA) is 38.0 Å². The van der Waals surface area contributed by atoms with E-state index in [1.807, 2.05) is 0 Å². The number of halogens is 2. The molecule has 1 aliphatic rings. The van der Waals surface area contributed by atoms with Crippen LogP contribution in [0.3, 0.4) is 0 Å². The Morgan fingerprint density at radius 1 is 1.05 bits per heavy atom. The predicted molar refractivity (Wildman–Crippen MR) is 82.1 cm³/mol. The van der Waals surface area contributed by atoms with Crippen LogP contribution in [0.1, 0.15) is 50.5 Å². The molecule has 118 valence electrons. The summed E-state index contributed by atoms with van der Waals surface area (Å²) in [6, 6.07) is 4.17. The van der Waals surface area contributed by atoms with Gasteiger partial charge in [0.15, 0.2) is 0 Å². The molecule has 3 N–H and O–H groups in total. The molecule has 0 spiro atoms. The zero-order valence-corrected chi connectivity index (χ0v) is 12.6. The second-order valence-corrected chi connectivity index (χ2v) is 6.17. The van der Waals surface area contributed by atoms with Gasteiger partial charge in [-0.1, -0.05) is 25.7 Å². The van der Waals surface area contributed by atoms with Gasteiger partial charge < -0.3 is 11.1 Å². The fraction of sp³-hybridized carbons (Fsp3) is 0.647. The first-order valence-electron chi connectivity index (χ1n) is 8.07. The Bertz CT molecular complexity index is 409. The zero-order chi connectivity index (χ0) is 15.1. The lowest BCUT2D eigenvalue weighted by Gasteiger charge is -2.18. The van der Waals surface area contributed by atoms with Gasteiger partial charge >= 0.3 is 0 Å². The average molecular weight is 296 g/mol. The first kappa shape index (κ1) is 16.4. The lowest BCUT2D eigenvalue weighted by atomic mass is 10.0. The molecule has 1 fully saturated rings. The van der Waals surface area contributed by atoms with Gasteiger partial charge in [0.1, 0.15) is 11.6 Å². The fourth-order valence-electron chi connectivity index (χ4n) is 3.09. The molecule has 1 saturated carbocycles. The quantitative estimate of drug-likeness (QED) is 0.788. The van der Waals surface area contributed by atoms with E-state index in [2.05, 4.69) is 5.32 Å². The maximum atomic E-state index is 13.1. The molecule has 1 aromatic carbocycles. The van der Waals surface area contributed by atoms with E-state index in [0.29, 0.717) is 18.0 Å². The van der Waals surface area contributed by atoms with Crippen LogP contribution < -0.4 is 11.1 Å². The molecule has 0 radical (unpaired) electrons. The highest BCUT2D eigenvalue weighted by molar-refractivity contribution is 5.18. The van der Waals surface area contributed by atoms with Crippen molar-refractivity contribution in [2.24, 2.45) is 5.73 Å². The normalized spacial score (nSPS) is 18.4. The molecule has 0 aromatic heterocycles. The first-order valence-corrected chi connectivity index (χ1v) is 8.07. The summed E-state index contributed by atoms with van der Waals surface area (Å²) < 4.78 is 26.2. The number of hydrogen-bond acceptors (Lipinski definition) is 2. The number of nitrogens with two attached hydrogens (primary N) is 1. The molecule has 0 aliphatic heterocycles. The zero-order valence-electron chi connectivity index (χ0n) is 12.6. The van der Waals surface area contributed by atoms with E-state index in [1.165, 1.54) is 50.7 Å². The van der Waals surface area contributed by atoms with Crippen molar-refractivity contribution in [3.63, 3.8) is 0 Å². The largest absolute Gasteiger partial charge is 0.327 e. The van der Waals surface area contributed by atoms with E-state index in [-0.39, 0.29) is 6.04 Å². The lowest BCUT2D eigenvalue weighted by molar-refractivity contribution is 0.440. The molecule has 1 aromatic rings. The predicted octanol–water partition coefficient (Wildman–Crippen LogP) is 3.54. The van der Waals surface area contributed by atoms with Crippen LogP contribution >= 0.6 is 0 Å². The Kier molecular flexibility index (Phi) is 6.58. The van der Waals surface area contributed by atoms with Crippen LogP contribution in [-0.2, 0) is 6.42 Å². The molecule has 2 rings (SSSR count). The van der Waals surface area contributed by atoms with Crippen molar-refractivity contribution in [1.29, 1.82) is 0 Å². The van der Waals surface area contributed by atoms with Gasteiger partial charge in [0.25, 0.3) is 0 Å². The van der Waals surface area contributed by atoms with Gasteiger partial charge in [0.2, 0.25) is 0 Å². The molecular weight excluding hydrogens is 270 g/mol. The van der Waals surface area contributed by atoms with Crippen LogP contribution in [0, 0.1) is 11.6 Å². The molecule has 1 atom stereocenters. The molecule has 0 unspecified atom stereocenters. The van der Waals surface area contributed by atoms with Crippen LogP contribution in [0.5, 0.6) is 0 Å². The van der Waals surface area contributed by atoms with Gasteiger partial charge in [-0.25, -0.2) is 8.78 Å². The minimum atomic E-state index is -0.534. The van der Waals surface area contributed by atoms with Crippen LogP contribution in [-0.4, -0.2) is 18.6 Å². The fourth-order valence-corrected chi connectivity index (χ4v) is 3.09. The summed E-state index contributed by atoms with van der Waals surface area (Å²) in [5, 5.41) is 3.57. The van der Waals surface area contributed by atoms with Crippen molar-refractivity contribution in [3.05, 3.63) is 35.4 Å². The molecule has 0 amide bonds. The Morgan fingerprint density at radius 2 is 1.67 bits per heavy atom. The average Bonchev–Trinajstić information content (AvgIpc) is 2.66. The van der Waals surface area contributed by atoms with Gasteiger partial charge in [0.05, 0.1) is 0 Å². The second-order valence-electron chi connectivity index (χ2n) is 6.17. The maximum absolute atomic E-state index is 13.1. The third kappa shape index (κ3) is 6.10. The summed E-state index contributed by atoms with van der Waals surface area (Å²) in [7, 11) is 0. The Labute approximate surface area is 126 Å². The van der Waals surface area contributed by atoms with Crippen LogP contribution in [0.4, 0.5) is 8.78 Å². The van der Waals surface area contributed by atoms with Crippen LogP contribution in [0.25, 0.3) is 0 Å². The third-order valence-corrected chi connectivity index (χ3v) is 4.22. The molecule has 0 bridgehead atoms. The highest BCUT2D eigenvalue weighted by Crippen LogP contribution is 2.17. The summed E-state index contributed by atoms with van der Waals surface area (Å²) in [6.07, 6.45) is 9.18. The van der Waals surface area contributed by atoms with E-state index >= 15 is 0 Å². The summed E-state index contributed by atoms with van der Waals surface area (Å²) in [4.78, 5) is 0. The number of rotatable bonds is 6. The van der Waals surface area contributed by atoms with Crippen molar-refractivity contribution in [2.45, 2.75) is 63.5 Å². The molecule has 0 saturated heterocycles. The van der Waals surface area contributed by atoms with E-state index < -0.39 is 11.6 Å². The number of benzene rings is 1. The van der Waals surface area contributed by atoms with Gasteiger partial charge in [0, 0.05) is 18.2 Å². The monoisotopic (exact) mass is 296 g/mol. The summed E-state index contributed by atoms with van der Waals surface area (Å²) in [5.74, 6) is -1.07. The molecule has 2 nitrogen and oxygen atoms in total. The second kappa shape index (κ2) is 8.44. The van der Waals surface area contributed by atoms with Gasteiger partial charge in [-0.2, -0.15) is 0 Å². The van der Waals surface area contributed by atoms with E-state index in [1.54, 1.807) is 0 Å². The summed E-state index contributed by atoms with van der Waals surface area (Å²) in [5.41, 5.74) is 6.70. The van der Waals surface area contributed by atoms with Crippen molar-refractivity contribution in [2.75, 3.05) is 6.54 Å². The summed E-state index contributed by atoms with van der Waals surface area (Å²) >= 11 is 0. The highest BCUT2D eigenvalue weighted by atomic mass is 19.1. The minimum Gasteiger partial charge on any atom is -0.327 e. The Hall–Kier alpha value is -1.00. The van der Waals surface area contributed by atoms with Gasteiger partial charge in [-0.3, -0.25) is 0 Å². The molecule has 1 aliphatic carbocycles. The van der Waals surface area contributed by atoms with Gasteiger partial charge in [-0.05, 0) is 49.9 Å². The molecule has 21 heavy (non-hydrogen) atoms. The number of hydrogen-bond donors (Lipinski definition) is 2.